The predicted octanol–water partition coefficient (Wildman–Crippen LogP) is 4.13. The first-order valence-corrected chi connectivity index (χ1v) is 6.03. The van der Waals surface area contributed by atoms with Crippen molar-refractivity contribution in [2.24, 2.45) is 0 Å². The summed E-state index contributed by atoms with van der Waals surface area (Å²) in [6.45, 7) is 0. The van der Waals surface area contributed by atoms with Crippen molar-refractivity contribution < 1.29 is 9.47 Å². The maximum absolute atomic E-state index is 5.43. The quantitative estimate of drug-likeness (QED) is 0.847. The van der Waals surface area contributed by atoms with Gasteiger partial charge < -0.3 is 9.47 Å². The highest BCUT2D eigenvalue weighted by molar-refractivity contribution is 9.10. The third-order valence-electron chi connectivity index (χ3n) is 2.57. The van der Waals surface area contributed by atoms with Crippen molar-refractivity contribution in [1.82, 2.24) is 0 Å². The van der Waals surface area contributed by atoms with Crippen molar-refractivity contribution in [2.45, 2.75) is 0 Å². The average molecular weight is 293 g/mol. The van der Waals surface area contributed by atoms with Gasteiger partial charge in [0.05, 0.1) is 14.2 Å². The molecule has 0 spiro atoms. The molecule has 2 nitrogen and oxygen atoms in total. The van der Waals surface area contributed by atoms with Crippen LogP contribution in [0.5, 0.6) is 11.5 Å². The highest BCUT2D eigenvalue weighted by Crippen LogP contribution is 2.40. The molecule has 0 N–H and O–H groups in total. The Morgan fingerprint density at radius 1 is 0.824 bits per heavy atom. The molecule has 0 unspecified atom stereocenters. The maximum Gasteiger partial charge on any atom is 0.168 e. The number of ether oxygens (including phenoxy) is 2. The first-order valence-electron chi connectivity index (χ1n) is 5.24. The van der Waals surface area contributed by atoms with Gasteiger partial charge in [0.1, 0.15) is 0 Å². The SMILES string of the molecule is COc1cccc(-c2ccccc2Br)c1OC. The van der Waals surface area contributed by atoms with E-state index in [0.29, 0.717) is 0 Å². The van der Waals surface area contributed by atoms with Crippen molar-refractivity contribution in [3.8, 4) is 22.6 Å². The molecule has 0 saturated carbocycles. The first-order chi connectivity index (χ1) is 8.27. The van der Waals surface area contributed by atoms with Gasteiger partial charge in [-0.3, -0.25) is 0 Å². The van der Waals surface area contributed by atoms with Gasteiger partial charge in [0.2, 0.25) is 0 Å². The van der Waals surface area contributed by atoms with Gasteiger partial charge in [-0.1, -0.05) is 46.3 Å². The van der Waals surface area contributed by atoms with Gasteiger partial charge in [-0.05, 0) is 17.7 Å². The number of rotatable bonds is 3. The van der Waals surface area contributed by atoms with Gasteiger partial charge in [0.15, 0.2) is 11.5 Å². The van der Waals surface area contributed by atoms with Gasteiger partial charge in [0.25, 0.3) is 0 Å². The summed E-state index contributed by atoms with van der Waals surface area (Å²) in [5.41, 5.74) is 2.10. The number of methoxy groups -OCH3 is 2. The van der Waals surface area contributed by atoms with E-state index in [4.69, 9.17) is 9.47 Å². The highest BCUT2D eigenvalue weighted by atomic mass is 79.9. The number of hydrogen-bond donors (Lipinski definition) is 0. The van der Waals surface area contributed by atoms with Crippen LogP contribution < -0.4 is 9.47 Å². The number of hydrogen-bond acceptors (Lipinski definition) is 2. The largest absolute Gasteiger partial charge is 0.493 e. The van der Waals surface area contributed by atoms with E-state index in [1.54, 1.807) is 14.2 Å². The van der Waals surface area contributed by atoms with Gasteiger partial charge in [-0.25, -0.2) is 0 Å². The normalized spacial score (nSPS) is 10.1. The minimum atomic E-state index is 0.737. The molecule has 17 heavy (non-hydrogen) atoms. The van der Waals surface area contributed by atoms with Crippen LogP contribution in [-0.4, -0.2) is 14.2 Å². The molecule has 0 amide bonds. The lowest BCUT2D eigenvalue weighted by Gasteiger charge is -2.13. The van der Waals surface area contributed by atoms with E-state index >= 15 is 0 Å². The Kier molecular flexibility index (Phi) is 3.69. The fraction of sp³-hybridized carbons (Fsp3) is 0.143. The number of halogens is 1. The Labute approximate surface area is 109 Å². The molecule has 2 aromatic carbocycles. The molecule has 0 aliphatic rings. The zero-order valence-corrected chi connectivity index (χ0v) is 11.3. The van der Waals surface area contributed by atoms with E-state index in [0.717, 1.165) is 27.1 Å². The van der Waals surface area contributed by atoms with Crippen LogP contribution >= 0.6 is 15.9 Å². The summed E-state index contributed by atoms with van der Waals surface area (Å²) in [6.07, 6.45) is 0. The molecule has 0 fully saturated rings. The Hall–Kier alpha value is -1.48. The van der Waals surface area contributed by atoms with Crippen molar-refractivity contribution in [3.63, 3.8) is 0 Å². The van der Waals surface area contributed by atoms with Gasteiger partial charge in [-0.2, -0.15) is 0 Å². The fourth-order valence-electron chi connectivity index (χ4n) is 1.78. The first kappa shape index (κ1) is 12.0. The van der Waals surface area contributed by atoms with Crippen LogP contribution in [-0.2, 0) is 0 Å². The Balaban J connectivity index is 2.63. The molecule has 0 radical (unpaired) electrons. The molecular weight excluding hydrogens is 280 g/mol. The van der Waals surface area contributed by atoms with Crippen molar-refractivity contribution in [3.05, 3.63) is 46.9 Å². The van der Waals surface area contributed by atoms with E-state index in [1.165, 1.54) is 0 Å². The average Bonchev–Trinajstić information content (AvgIpc) is 2.38. The maximum atomic E-state index is 5.43. The minimum absolute atomic E-state index is 0.737. The monoisotopic (exact) mass is 292 g/mol. The lowest BCUT2D eigenvalue weighted by atomic mass is 10.0. The molecule has 0 saturated heterocycles. The second-order valence-corrected chi connectivity index (χ2v) is 4.38. The topological polar surface area (TPSA) is 18.5 Å². The summed E-state index contributed by atoms with van der Waals surface area (Å²) in [7, 11) is 3.29. The smallest absolute Gasteiger partial charge is 0.168 e. The summed E-state index contributed by atoms with van der Waals surface area (Å²) in [5, 5.41) is 0. The molecule has 0 heterocycles. The molecule has 0 aromatic heterocycles. The van der Waals surface area contributed by atoms with Crippen LogP contribution in [0.1, 0.15) is 0 Å². The lowest BCUT2D eigenvalue weighted by Crippen LogP contribution is -1.93. The van der Waals surface area contributed by atoms with Crippen LogP contribution in [0.15, 0.2) is 46.9 Å². The Morgan fingerprint density at radius 3 is 2.18 bits per heavy atom. The third-order valence-corrected chi connectivity index (χ3v) is 3.26. The molecular formula is C14H13BrO2. The van der Waals surface area contributed by atoms with Crippen molar-refractivity contribution in [1.29, 1.82) is 0 Å². The van der Waals surface area contributed by atoms with Crippen LogP contribution in [0.4, 0.5) is 0 Å². The lowest BCUT2D eigenvalue weighted by molar-refractivity contribution is 0.356. The summed E-state index contributed by atoms with van der Waals surface area (Å²) >= 11 is 3.55. The van der Waals surface area contributed by atoms with E-state index in [9.17, 15) is 0 Å². The van der Waals surface area contributed by atoms with E-state index in [-0.39, 0.29) is 0 Å². The predicted molar refractivity (Wildman–Crippen MR) is 72.7 cm³/mol. The zero-order chi connectivity index (χ0) is 12.3. The second-order valence-electron chi connectivity index (χ2n) is 3.52. The molecule has 88 valence electrons. The molecule has 0 aliphatic heterocycles. The van der Waals surface area contributed by atoms with Gasteiger partial charge in [0, 0.05) is 10.0 Å². The van der Waals surface area contributed by atoms with E-state index < -0.39 is 0 Å². The molecule has 2 aromatic rings. The second kappa shape index (κ2) is 5.23. The van der Waals surface area contributed by atoms with Crippen LogP contribution in [0, 0.1) is 0 Å². The summed E-state index contributed by atoms with van der Waals surface area (Å²) in [4.78, 5) is 0. The van der Waals surface area contributed by atoms with Crippen LogP contribution in [0.25, 0.3) is 11.1 Å². The minimum Gasteiger partial charge on any atom is -0.493 e. The van der Waals surface area contributed by atoms with Gasteiger partial charge >= 0.3 is 0 Å². The summed E-state index contributed by atoms with van der Waals surface area (Å²) in [5.74, 6) is 1.49. The van der Waals surface area contributed by atoms with Gasteiger partial charge in [-0.15, -0.1) is 0 Å². The van der Waals surface area contributed by atoms with Crippen molar-refractivity contribution >= 4 is 15.9 Å². The van der Waals surface area contributed by atoms with E-state index in [2.05, 4.69) is 15.9 Å². The van der Waals surface area contributed by atoms with Crippen LogP contribution in [0.2, 0.25) is 0 Å². The molecule has 0 bridgehead atoms. The van der Waals surface area contributed by atoms with E-state index in [1.807, 2.05) is 42.5 Å². The fourth-order valence-corrected chi connectivity index (χ4v) is 2.28. The Bertz CT molecular complexity index is 523. The number of para-hydroxylation sites is 1. The summed E-state index contributed by atoms with van der Waals surface area (Å²) < 4.78 is 11.8. The summed E-state index contributed by atoms with van der Waals surface area (Å²) in [6, 6.07) is 13.9. The zero-order valence-electron chi connectivity index (χ0n) is 9.74. The third kappa shape index (κ3) is 2.29. The van der Waals surface area contributed by atoms with Crippen molar-refractivity contribution in [2.75, 3.05) is 14.2 Å². The molecule has 0 atom stereocenters. The molecule has 2 rings (SSSR count). The molecule has 0 aliphatic carbocycles. The Morgan fingerprint density at radius 2 is 1.53 bits per heavy atom. The number of benzene rings is 2. The highest BCUT2D eigenvalue weighted by Gasteiger charge is 2.12. The standard InChI is InChI=1S/C14H13BrO2/c1-16-13-9-5-7-11(14(13)17-2)10-6-3-4-8-12(10)15/h3-9H,1-2H3. The van der Waals surface area contributed by atoms with Crippen LogP contribution in [0.3, 0.4) is 0 Å². The molecule has 3 heteroatoms.